The summed E-state index contributed by atoms with van der Waals surface area (Å²) < 4.78 is 78.2. The van der Waals surface area contributed by atoms with E-state index in [0.717, 1.165) is 46.3 Å². The van der Waals surface area contributed by atoms with Gasteiger partial charge in [0.05, 0.1) is 0 Å². The molecule has 2 N–H and O–H groups in total. The van der Waals surface area contributed by atoms with Crippen LogP contribution in [0, 0.1) is 17.6 Å². The summed E-state index contributed by atoms with van der Waals surface area (Å²) in [5, 5.41) is 12.4. The van der Waals surface area contributed by atoms with E-state index in [1.807, 2.05) is 69.5 Å². The number of sulfonamides is 1. The van der Waals surface area contributed by atoms with E-state index in [9.17, 15) is 25.6 Å². The highest BCUT2D eigenvalue weighted by Crippen LogP contribution is 2.32. The van der Waals surface area contributed by atoms with Crippen molar-refractivity contribution in [1.29, 1.82) is 0 Å². The van der Waals surface area contributed by atoms with Crippen LogP contribution in [-0.2, 0) is 31.9 Å². The summed E-state index contributed by atoms with van der Waals surface area (Å²) in [6.45, 7) is 17.9. The Morgan fingerprint density at radius 3 is 1.48 bits per heavy atom. The van der Waals surface area contributed by atoms with E-state index in [2.05, 4.69) is 35.3 Å². The number of nitrogens with zero attached hydrogens (tertiary/aromatic N) is 6. The minimum Gasteiger partial charge on any atom is -0.309 e. The molecule has 5 rings (SSSR count). The first kappa shape index (κ1) is 43.4. The Hall–Kier alpha value is -3.31. The summed E-state index contributed by atoms with van der Waals surface area (Å²) in [5.74, 6) is 1.14. The standard InChI is InChI=1S/C22H34FN5O2S.C15H19ClFN3O2S/c1-14(2)18-9-17(23)10-19(15(3)4)20(18)11-21-24-22(26-25-21)31(29,30)28-8-7-16(13-28)12-27(5)6;1-8(2)11-5-10(17)6-12(9(3)4)13(11)7-14-18-15(20-19-14)23(16,21)22/h9-10,14-16H,7-8,11-13H2,1-6H3,(H,24,25,26);5-6,8-9H,7H2,1-4H3,(H,18,19,20). The zero-order chi connectivity index (χ0) is 40.3. The summed E-state index contributed by atoms with van der Waals surface area (Å²) in [7, 11) is 1.51. The number of hydrogen-bond acceptors (Lipinski definition) is 9. The SMILES string of the molecule is CC(C)c1cc(F)cc(C(C)C)c1Cc1nc(S(=O)(=O)Cl)n[nH]1.CC(C)c1cc(F)cc(C(C)C)c1Cc1nc(S(=O)(=O)N2CCC(CN(C)C)C2)n[nH]1. The number of halogens is 3. The molecule has 0 saturated carbocycles. The van der Waals surface area contributed by atoms with Gasteiger partial charge in [-0.05, 0) is 108 Å². The molecule has 1 saturated heterocycles. The largest absolute Gasteiger partial charge is 0.309 e. The van der Waals surface area contributed by atoms with E-state index in [1.54, 1.807) is 12.1 Å². The van der Waals surface area contributed by atoms with Crippen molar-refractivity contribution in [1.82, 2.24) is 39.6 Å². The van der Waals surface area contributed by atoms with Crippen LogP contribution in [0.15, 0.2) is 34.6 Å². The zero-order valence-electron chi connectivity index (χ0n) is 32.7. The molecular weight excluding hydrogens is 758 g/mol. The Kier molecular flexibility index (Phi) is 14.2. The van der Waals surface area contributed by atoms with Gasteiger partial charge in [0.2, 0.25) is 0 Å². The Balaban J connectivity index is 0.000000252. The van der Waals surface area contributed by atoms with Crippen LogP contribution in [0.5, 0.6) is 0 Å². The number of aromatic nitrogens is 6. The minimum absolute atomic E-state index is 0.123. The van der Waals surface area contributed by atoms with Gasteiger partial charge in [-0.1, -0.05) is 55.4 Å². The predicted octanol–water partition coefficient (Wildman–Crippen LogP) is 7.06. The third-order valence-corrected chi connectivity index (χ3v) is 12.1. The van der Waals surface area contributed by atoms with Crippen molar-refractivity contribution in [2.45, 2.75) is 109 Å². The van der Waals surface area contributed by atoms with Gasteiger partial charge in [0.15, 0.2) is 0 Å². The molecule has 298 valence electrons. The molecule has 1 unspecified atom stereocenters. The van der Waals surface area contributed by atoms with Crippen molar-refractivity contribution < 1.29 is 25.6 Å². The normalized spacial score (nSPS) is 15.6. The molecule has 0 bridgehead atoms. The first-order chi connectivity index (χ1) is 25.1. The molecule has 0 radical (unpaired) electrons. The van der Waals surface area contributed by atoms with E-state index in [4.69, 9.17) is 10.7 Å². The summed E-state index contributed by atoms with van der Waals surface area (Å²) in [6.07, 6.45) is 1.55. The van der Waals surface area contributed by atoms with Gasteiger partial charge in [0, 0.05) is 43.2 Å². The van der Waals surface area contributed by atoms with Crippen LogP contribution in [-0.4, -0.2) is 90.1 Å². The van der Waals surface area contributed by atoms with E-state index < -0.39 is 24.2 Å². The van der Waals surface area contributed by atoms with Crippen molar-refractivity contribution in [2.24, 2.45) is 5.92 Å². The van der Waals surface area contributed by atoms with Crippen molar-refractivity contribution in [3.63, 3.8) is 0 Å². The number of rotatable bonds is 13. The smallest absolute Gasteiger partial charge is 0.298 e. The number of aromatic amines is 2. The van der Waals surface area contributed by atoms with Gasteiger partial charge in [-0.2, -0.15) is 4.31 Å². The van der Waals surface area contributed by atoms with E-state index in [1.165, 1.54) is 16.4 Å². The second kappa shape index (κ2) is 17.7. The summed E-state index contributed by atoms with van der Waals surface area (Å²) >= 11 is 0. The third kappa shape index (κ3) is 10.7. The molecule has 0 amide bonds. The highest BCUT2D eigenvalue weighted by atomic mass is 35.7. The van der Waals surface area contributed by atoms with E-state index in [0.29, 0.717) is 43.5 Å². The fourth-order valence-corrected chi connectivity index (χ4v) is 8.85. The number of hydrogen-bond donors (Lipinski definition) is 2. The average molecular weight is 811 g/mol. The molecule has 1 aliphatic heterocycles. The highest BCUT2D eigenvalue weighted by Gasteiger charge is 2.35. The molecule has 3 heterocycles. The quantitative estimate of drug-likeness (QED) is 0.135. The van der Waals surface area contributed by atoms with Crippen LogP contribution in [0.25, 0.3) is 0 Å². The van der Waals surface area contributed by atoms with E-state index in [-0.39, 0.29) is 40.5 Å². The Bertz CT molecular complexity index is 2080. The number of H-pyrrole nitrogens is 2. The average Bonchev–Trinajstić information content (AvgIpc) is 3.84. The maximum atomic E-state index is 14.2. The molecule has 54 heavy (non-hydrogen) atoms. The second-order valence-electron chi connectivity index (χ2n) is 15.4. The number of benzene rings is 2. The van der Waals surface area contributed by atoms with Crippen LogP contribution in [0.4, 0.5) is 8.78 Å². The molecule has 0 aliphatic carbocycles. The summed E-state index contributed by atoms with van der Waals surface area (Å²) in [4.78, 5) is 10.3. The fraction of sp³-hybridized carbons (Fsp3) is 0.568. The monoisotopic (exact) mass is 810 g/mol. The maximum absolute atomic E-state index is 14.2. The van der Waals surface area contributed by atoms with Crippen molar-refractivity contribution in [2.75, 3.05) is 33.7 Å². The van der Waals surface area contributed by atoms with Gasteiger partial charge in [-0.15, -0.1) is 10.2 Å². The van der Waals surface area contributed by atoms with Crippen LogP contribution in [0.2, 0.25) is 0 Å². The molecule has 4 aromatic rings. The molecule has 17 heteroatoms. The van der Waals surface area contributed by atoms with Crippen LogP contribution < -0.4 is 0 Å². The lowest BCUT2D eigenvalue weighted by atomic mass is 9.87. The van der Waals surface area contributed by atoms with Crippen molar-refractivity contribution in [3.8, 4) is 0 Å². The molecular formula is C37H53ClF2N8O4S2. The highest BCUT2D eigenvalue weighted by molar-refractivity contribution is 8.13. The summed E-state index contributed by atoms with van der Waals surface area (Å²) in [5.41, 5.74) is 5.50. The van der Waals surface area contributed by atoms with Crippen LogP contribution in [0.1, 0.15) is 131 Å². The first-order valence-corrected chi connectivity index (χ1v) is 21.9. The van der Waals surface area contributed by atoms with Gasteiger partial charge in [-0.25, -0.2) is 35.6 Å². The Morgan fingerprint density at radius 2 is 1.13 bits per heavy atom. The zero-order valence-corrected chi connectivity index (χ0v) is 35.1. The first-order valence-electron chi connectivity index (χ1n) is 18.1. The maximum Gasteiger partial charge on any atom is 0.298 e. The lowest BCUT2D eigenvalue weighted by Gasteiger charge is -2.19. The number of nitrogens with one attached hydrogen (secondary N) is 2. The predicted molar refractivity (Wildman–Crippen MR) is 206 cm³/mol. The molecule has 1 atom stereocenters. The molecule has 1 fully saturated rings. The van der Waals surface area contributed by atoms with Gasteiger partial charge in [-0.3, -0.25) is 10.2 Å². The van der Waals surface area contributed by atoms with Gasteiger partial charge >= 0.3 is 0 Å². The second-order valence-corrected chi connectivity index (χ2v) is 19.7. The van der Waals surface area contributed by atoms with Crippen LogP contribution >= 0.6 is 10.7 Å². The summed E-state index contributed by atoms with van der Waals surface area (Å²) in [6, 6.07) is 6.16. The molecule has 2 aromatic carbocycles. The van der Waals surface area contributed by atoms with Crippen molar-refractivity contribution >= 4 is 29.8 Å². The van der Waals surface area contributed by atoms with Gasteiger partial charge in [0.1, 0.15) is 23.3 Å². The lowest BCUT2D eigenvalue weighted by Crippen LogP contribution is -2.31. The molecule has 1 aliphatic rings. The van der Waals surface area contributed by atoms with Crippen molar-refractivity contribution in [3.05, 3.63) is 80.9 Å². The lowest BCUT2D eigenvalue weighted by molar-refractivity contribution is 0.329. The fourth-order valence-electron chi connectivity index (χ4n) is 6.90. The Labute approximate surface area is 323 Å². The third-order valence-electron chi connectivity index (χ3n) is 9.43. The Morgan fingerprint density at radius 1 is 0.741 bits per heavy atom. The topological polar surface area (TPSA) is 158 Å². The van der Waals surface area contributed by atoms with Crippen LogP contribution in [0.3, 0.4) is 0 Å². The van der Waals surface area contributed by atoms with Gasteiger partial charge in [0.25, 0.3) is 29.4 Å². The molecule has 2 aromatic heterocycles. The van der Waals surface area contributed by atoms with E-state index >= 15 is 0 Å². The minimum atomic E-state index is -3.98. The van der Waals surface area contributed by atoms with Gasteiger partial charge < -0.3 is 4.90 Å². The molecule has 12 nitrogen and oxygen atoms in total. The molecule has 0 spiro atoms.